The molecule has 1 saturated heterocycles. The molecule has 0 spiro atoms. The molecule has 0 saturated carbocycles. The second kappa shape index (κ2) is 10.4. The molecule has 1 amide bonds. The van der Waals surface area contributed by atoms with Gasteiger partial charge < -0.3 is 25.4 Å². The van der Waals surface area contributed by atoms with Crippen molar-refractivity contribution in [2.24, 2.45) is 10.4 Å². The molecule has 0 radical (unpaired) electrons. The van der Waals surface area contributed by atoms with Gasteiger partial charge in [0.25, 0.3) is 0 Å². The van der Waals surface area contributed by atoms with E-state index in [1.807, 2.05) is 20.8 Å². The molecule has 7 nitrogen and oxygen atoms in total. The molecule has 0 aliphatic carbocycles. The van der Waals surface area contributed by atoms with Crippen LogP contribution in [0.3, 0.4) is 0 Å². The standard InChI is InChI=1S/C16H32N4O3/c1-5-18-15(20-12-16(2,3)14(21)17-4)19-8-6-9-23-13-7-10-22-11-13/h13H,5-12H2,1-4H3,(H,17,21)(H2,18,19,20). The first-order valence-corrected chi connectivity index (χ1v) is 8.43. The van der Waals surface area contributed by atoms with Crippen molar-refractivity contribution >= 4 is 11.9 Å². The molecule has 1 rings (SSSR count). The first-order valence-electron chi connectivity index (χ1n) is 8.43. The number of amides is 1. The predicted octanol–water partition coefficient (Wildman–Crippen LogP) is 0.509. The molecule has 1 heterocycles. The van der Waals surface area contributed by atoms with Gasteiger partial charge in [-0.3, -0.25) is 9.79 Å². The van der Waals surface area contributed by atoms with Crippen molar-refractivity contribution in [3.8, 4) is 0 Å². The molecule has 0 bridgehead atoms. The van der Waals surface area contributed by atoms with Crippen LogP contribution in [0, 0.1) is 5.41 Å². The van der Waals surface area contributed by atoms with E-state index in [9.17, 15) is 4.79 Å². The number of hydrogen-bond donors (Lipinski definition) is 3. The summed E-state index contributed by atoms with van der Waals surface area (Å²) in [6.07, 6.45) is 2.15. The Kier molecular flexibility index (Phi) is 8.94. The van der Waals surface area contributed by atoms with Gasteiger partial charge in [0.05, 0.1) is 24.7 Å². The first kappa shape index (κ1) is 19.7. The summed E-state index contributed by atoms with van der Waals surface area (Å²) < 4.78 is 11.0. The van der Waals surface area contributed by atoms with E-state index < -0.39 is 5.41 Å². The molecule has 1 fully saturated rings. The first-order chi connectivity index (χ1) is 11.0. The zero-order chi connectivity index (χ0) is 17.1. The van der Waals surface area contributed by atoms with Gasteiger partial charge in [-0.15, -0.1) is 0 Å². The third kappa shape index (κ3) is 7.65. The lowest BCUT2D eigenvalue weighted by molar-refractivity contribution is -0.128. The highest BCUT2D eigenvalue weighted by Gasteiger charge is 2.26. The summed E-state index contributed by atoms with van der Waals surface area (Å²) in [5, 5.41) is 9.13. The fraction of sp³-hybridized carbons (Fsp3) is 0.875. The van der Waals surface area contributed by atoms with Crippen LogP contribution < -0.4 is 16.0 Å². The summed E-state index contributed by atoms with van der Waals surface area (Å²) in [5.74, 6) is 0.720. The van der Waals surface area contributed by atoms with Gasteiger partial charge in [-0.25, -0.2) is 0 Å². The summed E-state index contributed by atoms with van der Waals surface area (Å²) in [5.41, 5.74) is -0.525. The summed E-state index contributed by atoms with van der Waals surface area (Å²) in [6.45, 7) is 10.0. The normalized spacial score (nSPS) is 18.8. The van der Waals surface area contributed by atoms with Crippen molar-refractivity contribution in [3.05, 3.63) is 0 Å². The van der Waals surface area contributed by atoms with E-state index in [1.165, 1.54) is 0 Å². The summed E-state index contributed by atoms with van der Waals surface area (Å²) >= 11 is 0. The predicted molar refractivity (Wildman–Crippen MR) is 91.6 cm³/mol. The Morgan fingerprint density at radius 1 is 1.39 bits per heavy atom. The van der Waals surface area contributed by atoms with Crippen molar-refractivity contribution in [1.82, 2.24) is 16.0 Å². The Morgan fingerprint density at radius 3 is 2.78 bits per heavy atom. The quantitative estimate of drug-likeness (QED) is 0.326. The third-order valence-electron chi connectivity index (χ3n) is 3.67. The molecule has 0 aromatic heterocycles. The number of nitrogens with zero attached hydrogens (tertiary/aromatic N) is 1. The smallest absolute Gasteiger partial charge is 0.227 e. The Balaban J connectivity index is 2.29. The zero-order valence-electron chi connectivity index (χ0n) is 14.9. The van der Waals surface area contributed by atoms with Gasteiger partial charge in [0.15, 0.2) is 5.96 Å². The second-order valence-electron chi connectivity index (χ2n) is 6.29. The Bertz CT molecular complexity index is 380. The Labute approximate surface area is 139 Å². The lowest BCUT2D eigenvalue weighted by Crippen LogP contribution is -2.41. The molecule has 3 N–H and O–H groups in total. The maximum atomic E-state index is 11.8. The van der Waals surface area contributed by atoms with Crippen molar-refractivity contribution < 1.29 is 14.3 Å². The van der Waals surface area contributed by atoms with Crippen molar-refractivity contribution in [1.29, 1.82) is 0 Å². The number of carbonyl (C=O) groups excluding carboxylic acids is 1. The van der Waals surface area contributed by atoms with Crippen LogP contribution in [0.5, 0.6) is 0 Å². The molecule has 0 aromatic carbocycles. The van der Waals surface area contributed by atoms with Crippen LogP contribution in [0.25, 0.3) is 0 Å². The topological polar surface area (TPSA) is 84.0 Å². The van der Waals surface area contributed by atoms with E-state index >= 15 is 0 Å². The molecule has 134 valence electrons. The number of guanidine groups is 1. The Morgan fingerprint density at radius 2 is 2.17 bits per heavy atom. The van der Waals surface area contributed by atoms with Crippen molar-refractivity contribution in [2.45, 2.75) is 39.7 Å². The van der Waals surface area contributed by atoms with Crippen LogP contribution in [-0.2, 0) is 14.3 Å². The van der Waals surface area contributed by atoms with Crippen LogP contribution in [0.4, 0.5) is 0 Å². The van der Waals surface area contributed by atoms with E-state index in [4.69, 9.17) is 9.47 Å². The molecule has 0 aromatic rings. The van der Waals surface area contributed by atoms with E-state index in [0.717, 1.165) is 38.5 Å². The minimum Gasteiger partial charge on any atom is -0.379 e. The number of rotatable bonds is 9. The molecule has 1 aliphatic rings. The van der Waals surface area contributed by atoms with Crippen molar-refractivity contribution in [2.75, 3.05) is 46.5 Å². The maximum Gasteiger partial charge on any atom is 0.227 e. The van der Waals surface area contributed by atoms with E-state index in [2.05, 4.69) is 20.9 Å². The lowest BCUT2D eigenvalue weighted by Gasteiger charge is -2.21. The maximum absolute atomic E-state index is 11.8. The van der Waals surface area contributed by atoms with Crippen LogP contribution in [0.15, 0.2) is 4.99 Å². The molecule has 7 heteroatoms. The highest BCUT2D eigenvalue weighted by Crippen LogP contribution is 2.15. The minimum absolute atomic E-state index is 0.00993. The van der Waals surface area contributed by atoms with Gasteiger partial charge in [0.2, 0.25) is 5.91 Å². The summed E-state index contributed by atoms with van der Waals surface area (Å²) in [4.78, 5) is 16.3. The van der Waals surface area contributed by atoms with E-state index in [-0.39, 0.29) is 12.0 Å². The molecular formula is C16H32N4O3. The largest absolute Gasteiger partial charge is 0.379 e. The van der Waals surface area contributed by atoms with Crippen LogP contribution in [0.2, 0.25) is 0 Å². The van der Waals surface area contributed by atoms with E-state index in [0.29, 0.717) is 19.8 Å². The van der Waals surface area contributed by atoms with Crippen LogP contribution in [0.1, 0.15) is 33.6 Å². The minimum atomic E-state index is -0.525. The molecule has 23 heavy (non-hydrogen) atoms. The number of aliphatic imine (C=N–C) groups is 1. The van der Waals surface area contributed by atoms with Gasteiger partial charge in [0.1, 0.15) is 0 Å². The van der Waals surface area contributed by atoms with Gasteiger partial charge in [0, 0.05) is 33.4 Å². The monoisotopic (exact) mass is 328 g/mol. The molecule has 1 atom stereocenters. The van der Waals surface area contributed by atoms with Gasteiger partial charge in [-0.2, -0.15) is 0 Å². The van der Waals surface area contributed by atoms with Gasteiger partial charge in [-0.1, -0.05) is 0 Å². The molecule has 1 aliphatic heterocycles. The zero-order valence-corrected chi connectivity index (χ0v) is 14.9. The second-order valence-corrected chi connectivity index (χ2v) is 6.29. The molecule has 1 unspecified atom stereocenters. The highest BCUT2D eigenvalue weighted by atomic mass is 16.5. The average molecular weight is 328 g/mol. The van der Waals surface area contributed by atoms with E-state index in [1.54, 1.807) is 7.05 Å². The molecular weight excluding hydrogens is 296 g/mol. The van der Waals surface area contributed by atoms with Crippen LogP contribution in [-0.4, -0.2) is 64.5 Å². The highest BCUT2D eigenvalue weighted by molar-refractivity contribution is 5.83. The van der Waals surface area contributed by atoms with Crippen molar-refractivity contribution in [3.63, 3.8) is 0 Å². The summed E-state index contributed by atoms with van der Waals surface area (Å²) in [6, 6.07) is 0. The number of nitrogens with one attached hydrogen (secondary N) is 3. The number of carbonyl (C=O) groups is 1. The van der Waals surface area contributed by atoms with Gasteiger partial charge in [-0.05, 0) is 33.6 Å². The SMILES string of the molecule is CCNC(=NCC(C)(C)C(=O)NC)NCCCOC1CCOC1. The number of ether oxygens (including phenoxy) is 2. The third-order valence-corrected chi connectivity index (χ3v) is 3.67. The lowest BCUT2D eigenvalue weighted by atomic mass is 9.93. The summed E-state index contributed by atoms with van der Waals surface area (Å²) in [7, 11) is 1.65. The average Bonchev–Trinajstić information content (AvgIpc) is 3.04. The van der Waals surface area contributed by atoms with Gasteiger partial charge >= 0.3 is 0 Å². The number of hydrogen-bond acceptors (Lipinski definition) is 4. The fourth-order valence-electron chi connectivity index (χ4n) is 2.20. The fourth-order valence-corrected chi connectivity index (χ4v) is 2.20. The Hall–Kier alpha value is -1.34. The van der Waals surface area contributed by atoms with Crippen LogP contribution >= 0.6 is 0 Å².